The summed E-state index contributed by atoms with van der Waals surface area (Å²) in [5, 5.41) is 0.638. The van der Waals surface area contributed by atoms with Crippen LogP contribution in [0.5, 0.6) is 5.75 Å². The number of carbonyl (C=O) groups is 1. The lowest BCUT2D eigenvalue weighted by Crippen LogP contribution is -2.13. The van der Waals surface area contributed by atoms with E-state index in [0.717, 1.165) is 0 Å². The predicted octanol–water partition coefficient (Wildman–Crippen LogP) is 4.03. The molecule has 0 aromatic heterocycles. The SMILES string of the molecule is O=C1CCc2c(OS(=O)(=O)Cc3ccc(Cl)c(Cl)c3)cccc21. The normalized spacial score (nSPS) is 13.9. The van der Waals surface area contributed by atoms with E-state index in [1.165, 1.54) is 12.1 Å². The van der Waals surface area contributed by atoms with Crippen LogP contribution < -0.4 is 4.18 Å². The molecule has 7 heteroatoms. The van der Waals surface area contributed by atoms with Gasteiger partial charge < -0.3 is 4.18 Å². The zero-order valence-electron chi connectivity index (χ0n) is 11.9. The van der Waals surface area contributed by atoms with Gasteiger partial charge in [0.2, 0.25) is 0 Å². The van der Waals surface area contributed by atoms with Crippen molar-refractivity contribution in [1.29, 1.82) is 0 Å². The lowest BCUT2D eigenvalue weighted by molar-refractivity contribution is 0.0994. The number of halogens is 2. The van der Waals surface area contributed by atoms with Crippen molar-refractivity contribution in [2.24, 2.45) is 0 Å². The quantitative estimate of drug-likeness (QED) is 0.762. The molecule has 0 aliphatic heterocycles. The molecule has 0 saturated heterocycles. The first-order chi connectivity index (χ1) is 10.9. The maximum atomic E-state index is 12.3. The number of hydrogen-bond donors (Lipinski definition) is 0. The maximum Gasteiger partial charge on any atom is 0.313 e. The second-order valence-corrected chi connectivity index (χ2v) is 7.62. The predicted molar refractivity (Wildman–Crippen MR) is 88.8 cm³/mol. The molecule has 3 rings (SSSR count). The Bertz CT molecular complexity index is 891. The van der Waals surface area contributed by atoms with E-state index < -0.39 is 10.1 Å². The first-order valence-corrected chi connectivity index (χ1v) is 9.20. The van der Waals surface area contributed by atoms with Crippen molar-refractivity contribution >= 4 is 39.1 Å². The molecule has 4 nitrogen and oxygen atoms in total. The highest BCUT2D eigenvalue weighted by atomic mass is 35.5. The summed E-state index contributed by atoms with van der Waals surface area (Å²) in [6.45, 7) is 0. The van der Waals surface area contributed by atoms with Crippen LogP contribution in [-0.2, 0) is 22.3 Å². The number of rotatable bonds is 4. The minimum absolute atomic E-state index is 0.00679. The van der Waals surface area contributed by atoms with Gasteiger partial charge in [0, 0.05) is 17.5 Å². The van der Waals surface area contributed by atoms with E-state index in [9.17, 15) is 13.2 Å². The second-order valence-electron chi connectivity index (χ2n) is 5.24. The highest BCUT2D eigenvalue weighted by molar-refractivity contribution is 7.86. The highest BCUT2D eigenvalue weighted by Crippen LogP contribution is 2.32. The molecule has 2 aromatic carbocycles. The van der Waals surface area contributed by atoms with Gasteiger partial charge in [-0.1, -0.05) is 41.4 Å². The Kier molecular flexibility index (Phi) is 4.36. The number of benzene rings is 2. The van der Waals surface area contributed by atoms with Crippen molar-refractivity contribution in [3.05, 3.63) is 63.1 Å². The lowest BCUT2D eigenvalue weighted by Gasteiger charge is -2.11. The van der Waals surface area contributed by atoms with Crippen molar-refractivity contribution in [1.82, 2.24) is 0 Å². The van der Waals surface area contributed by atoms with Gasteiger partial charge in [-0.25, -0.2) is 0 Å². The standard InChI is InChI=1S/C16H12Cl2O4S/c17-13-6-4-10(8-14(13)18)9-23(20,21)22-16-3-1-2-11-12(16)5-7-15(11)19/h1-4,6,8H,5,7,9H2. The van der Waals surface area contributed by atoms with Gasteiger partial charge in [-0.15, -0.1) is 0 Å². The van der Waals surface area contributed by atoms with Gasteiger partial charge in [0.25, 0.3) is 0 Å². The summed E-state index contributed by atoms with van der Waals surface area (Å²) in [7, 11) is -3.87. The smallest absolute Gasteiger partial charge is 0.313 e. The molecule has 2 aromatic rings. The molecule has 23 heavy (non-hydrogen) atoms. The van der Waals surface area contributed by atoms with E-state index in [-0.39, 0.29) is 22.3 Å². The largest absolute Gasteiger partial charge is 0.382 e. The molecule has 0 radical (unpaired) electrons. The summed E-state index contributed by atoms with van der Waals surface area (Å²) in [6, 6.07) is 9.46. The van der Waals surface area contributed by atoms with E-state index in [4.69, 9.17) is 27.4 Å². The highest BCUT2D eigenvalue weighted by Gasteiger charge is 2.25. The molecular weight excluding hydrogens is 359 g/mol. The summed E-state index contributed by atoms with van der Waals surface area (Å²) in [5.41, 5.74) is 1.66. The van der Waals surface area contributed by atoms with Crippen LogP contribution in [0.25, 0.3) is 0 Å². The molecular formula is C16H12Cl2O4S. The van der Waals surface area contributed by atoms with Crippen molar-refractivity contribution in [3.63, 3.8) is 0 Å². The van der Waals surface area contributed by atoms with Crippen LogP contribution in [0.4, 0.5) is 0 Å². The van der Waals surface area contributed by atoms with Crippen molar-refractivity contribution in [3.8, 4) is 5.75 Å². The molecule has 1 aliphatic carbocycles. The van der Waals surface area contributed by atoms with Crippen LogP contribution in [0.15, 0.2) is 36.4 Å². The van der Waals surface area contributed by atoms with Crippen LogP contribution in [0.2, 0.25) is 10.0 Å². The number of Topliss-reactive ketones (excluding diaryl/α,β-unsaturated/α-hetero) is 1. The Morgan fingerprint density at radius 1 is 1.04 bits per heavy atom. The molecule has 0 bridgehead atoms. The zero-order valence-corrected chi connectivity index (χ0v) is 14.2. The molecule has 0 unspecified atom stereocenters. The Morgan fingerprint density at radius 2 is 1.83 bits per heavy atom. The Labute approximate surface area is 144 Å². The molecule has 0 saturated carbocycles. The minimum atomic E-state index is -3.87. The van der Waals surface area contributed by atoms with Crippen LogP contribution in [0, 0.1) is 0 Å². The van der Waals surface area contributed by atoms with E-state index in [2.05, 4.69) is 0 Å². The first-order valence-electron chi connectivity index (χ1n) is 6.87. The van der Waals surface area contributed by atoms with Gasteiger partial charge in [-0.2, -0.15) is 8.42 Å². The third-order valence-corrected chi connectivity index (χ3v) is 5.44. The average molecular weight is 371 g/mol. The number of ketones is 1. The summed E-state index contributed by atoms with van der Waals surface area (Å²) < 4.78 is 29.7. The van der Waals surface area contributed by atoms with E-state index >= 15 is 0 Å². The topological polar surface area (TPSA) is 60.4 Å². The van der Waals surface area contributed by atoms with Crippen molar-refractivity contribution in [2.45, 2.75) is 18.6 Å². The van der Waals surface area contributed by atoms with Gasteiger partial charge in [0.15, 0.2) is 5.78 Å². The van der Waals surface area contributed by atoms with Gasteiger partial charge in [-0.05, 0) is 30.2 Å². The summed E-state index contributed by atoms with van der Waals surface area (Å²) in [4.78, 5) is 11.7. The average Bonchev–Trinajstić information content (AvgIpc) is 2.85. The monoisotopic (exact) mass is 370 g/mol. The summed E-state index contributed by atoms with van der Waals surface area (Å²) >= 11 is 11.7. The molecule has 0 fully saturated rings. The second kappa shape index (κ2) is 6.15. The summed E-state index contributed by atoms with van der Waals surface area (Å²) in [5.74, 6) is -0.109. The maximum absolute atomic E-state index is 12.3. The fourth-order valence-electron chi connectivity index (χ4n) is 2.54. The Hall–Kier alpha value is -1.56. The molecule has 0 atom stereocenters. The fraction of sp³-hybridized carbons (Fsp3) is 0.188. The number of hydrogen-bond acceptors (Lipinski definition) is 4. The summed E-state index contributed by atoms with van der Waals surface area (Å²) in [6.07, 6.45) is 0.870. The van der Waals surface area contributed by atoms with Gasteiger partial charge >= 0.3 is 10.1 Å². The molecule has 120 valence electrons. The molecule has 0 N–H and O–H groups in total. The van der Waals surface area contributed by atoms with E-state index in [0.29, 0.717) is 34.6 Å². The number of carbonyl (C=O) groups excluding carboxylic acids is 1. The fourth-order valence-corrected chi connectivity index (χ4v) is 3.93. The lowest BCUT2D eigenvalue weighted by atomic mass is 10.1. The van der Waals surface area contributed by atoms with Crippen molar-refractivity contribution < 1.29 is 17.4 Å². The van der Waals surface area contributed by atoms with Crippen LogP contribution in [0.3, 0.4) is 0 Å². The molecule has 1 aliphatic rings. The third-order valence-electron chi connectivity index (χ3n) is 3.58. The van der Waals surface area contributed by atoms with Crippen LogP contribution >= 0.6 is 23.2 Å². The van der Waals surface area contributed by atoms with Crippen LogP contribution in [0.1, 0.15) is 27.9 Å². The molecule has 0 heterocycles. The van der Waals surface area contributed by atoms with E-state index in [1.54, 1.807) is 24.3 Å². The Morgan fingerprint density at radius 3 is 2.57 bits per heavy atom. The number of fused-ring (bicyclic) bond motifs is 1. The van der Waals surface area contributed by atoms with E-state index in [1.807, 2.05) is 0 Å². The Balaban J connectivity index is 1.85. The van der Waals surface area contributed by atoms with Gasteiger partial charge in [0.1, 0.15) is 11.5 Å². The van der Waals surface area contributed by atoms with Gasteiger partial charge in [0.05, 0.1) is 10.0 Å². The van der Waals surface area contributed by atoms with Crippen LogP contribution in [-0.4, -0.2) is 14.2 Å². The molecule has 0 amide bonds. The first kappa shape index (κ1) is 16.3. The minimum Gasteiger partial charge on any atom is -0.382 e. The van der Waals surface area contributed by atoms with Crippen molar-refractivity contribution in [2.75, 3.05) is 0 Å². The van der Waals surface area contributed by atoms with Gasteiger partial charge in [-0.3, -0.25) is 4.79 Å². The molecule has 0 spiro atoms. The third kappa shape index (κ3) is 3.52. The zero-order chi connectivity index (χ0) is 16.6.